The van der Waals surface area contributed by atoms with Crippen LogP contribution in [0, 0.1) is 0 Å². The van der Waals surface area contributed by atoms with Crippen LogP contribution in [-0.2, 0) is 11.8 Å². The molecule has 92 valence electrons. The van der Waals surface area contributed by atoms with Gasteiger partial charge in [0.05, 0.1) is 23.7 Å². The number of imidazole rings is 1. The first kappa shape index (κ1) is 11.9. The monoisotopic (exact) mass is 233 g/mol. The first-order valence-corrected chi connectivity index (χ1v) is 5.93. The topological polar surface area (TPSA) is 39.1 Å². The fourth-order valence-electron chi connectivity index (χ4n) is 1.92. The molecule has 1 aromatic carbocycles. The molecule has 4 heteroatoms. The second-order valence-corrected chi connectivity index (χ2v) is 4.19. The van der Waals surface area contributed by atoms with Crippen LogP contribution in [0.5, 0.6) is 0 Å². The number of ether oxygens (including phenoxy) is 1. The molecule has 0 saturated carbocycles. The van der Waals surface area contributed by atoms with Gasteiger partial charge in [0.15, 0.2) is 0 Å². The lowest BCUT2D eigenvalue weighted by Crippen LogP contribution is -2.25. The molecule has 0 fully saturated rings. The number of nitrogens with one attached hydrogen (secondary N) is 1. The maximum atomic E-state index is 5.18. The van der Waals surface area contributed by atoms with Crippen LogP contribution < -0.4 is 5.32 Å². The highest BCUT2D eigenvalue weighted by molar-refractivity contribution is 5.78. The van der Waals surface area contributed by atoms with E-state index >= 15 is 0 Å². The molecular weight excluding hydrogens is 214 g/mol. The molecule has 2 rings (SSSR count). The number of aryl methyl sites for hydroxylation is 1. The van der Waals surface area contributed by atoms with Crippen molar-refractivity contribution in [2.45, 2.75) is 19.4 Å². The van der Waals surface area contributed by atoms with Gasteiger partial charge in [-0.2, -0.15) is 0 Å². The normalized spacial score (nSPS) is 12.9. The van der Waals surface area contributed by atoms with Crippen molar-refractivity contribution in [2.24, 2.45) is 7.05 Å². The van der Waals surface area contributed by atoms with Gasteiger partial charge in [-0.25, -0.2) is 4.98 Å². The summed E-state index contributed by atoms with van der Waals surface area (Å²) in [6, 6.07) is 8.43. The second-order valence-electron chi connectivity index (χ2n) is 4.19. The zero-order chi connectivity index (χ0) is 12.3. The van der Waals surface area contributed by atoms with Gasteiger partial charge in [0.25, 0.3) is 0 Å². The minimum atomic E-state index is 0.301. The summed E-state index contributed by atoms with van der Waals surface area (Å²) >= 11 is 0. The molecule has 0 saturated heterocycles. The Morgan fingerprint density at radius 1 is 1.41 bits per heavy atom. The molecule has 1 atom stereocenters. The molecule has 0 bridgehead atoms. The quantitative estimate of drug-likeness (QED) is 0.862. The number of fused-ring (bicyclic) bond motifs is 1. The fraction of sp³-hybridized carbons (Fsp3) is 0.462. The second kappa shape index (κ2) is 5.19. The Morgan fingerprint density at radius 3 is 2.82 bits per heavy atom. The minimum Gasteiger partial charge on any atom is -0.383 e. The summed E-state index contributed by atoms with van der Waals surface area (Å²) in [4.78, 5) is 4.58. The molecule has 0 aliphatic carbocycles. The van der Waals surface area contributed by atoms with Crippen LogP contribution in [-0.4, -0.2) is 29.3 Å². The third-order valence-corrected chi connectivity index (χ3v) is 2.98. The first-order valence-electron chi connectivity index (χ1n) is 5.93. The predicted molar refractivity (Wildman–Crippen MR) is 70.3 cm³/mol. The van der Waals surface area contributed by atoms with Crippen LogP contribution in [0.25, 0.3) is 11.0 Å². The van der Waals surface area contributed by atoms with Gasteiger partial charge in [-0.05, 0) is 18.6 Å². The van der Waals surface area contributed by atoms with Crippen molar-refractivity contribution in [1.82, 2.24) is 9.55 Å². The molecule has 1 heterocycles. The van der Waals surface area contributed by atoms with Crippen LogP contribution in [0.2, 0.25) is 0 Å². The van der Waals surface area contributed by atoms with E-state index in [1.807, 2.05) is 25.2 Å². The smallest absolute Gasteiger partial charge is 0.203 e. The number of hydrogen-bond acceptors (Lipinski definition) is 3. The number of nitrogens with zero attached hydrogens (tertiary/aromatic N) is 2. The van der Waals surface area contributed by atoms with Crippen molar-refractivity contribution in [1.29, 1.82) is 0 Å². The van der Waals surface area contributed by atoms with E-state index in [-0.39, 0.29) is 0 Å². The van der Waals surface area contributed by atoms with Gasteiger partial charge < -0.3 is 14.6 Å². The SMILES string of the molecule is CCC(COC)Nc1nc2ccccc2n1C. The number of methoxy groups -OCH3 is 1. The molecule has 1 N–H and O–H groups in total. The van der Waals surface area contributed by atoms with E-state index < -0.39 is 0 Å². The maximum absolute atomic E-state index is 5.18. The van der Waals surface area contributed by atoms with Crippen molar-refractivity contribution in [2.75, 3.05) is 19.0 Å². The van der Waals surface area contributed by atoms with Crippen LogP contribution in [0.1, 0.15) is 13.3 Å². The number of aromatic nitrogens is 2. The summed E-state index contributed by atoms with van der Waals surface area (Å²) in [6.07, 6.45) is 1.01. The Hall–Kier alpha value is -1.55. The Kier molecular flexibility index (Phi) is 3.64. The Morgan fingerprint density at radius 2 is 2.18 bits per heavy atom. The molecular formula is C13H19N3O. The highest BCUT2D eigenvalue weighted by atomic mass is 16.5. The number of benzene rings is 1. The molecule has 17 heavy (non-hydrogen) atoms. The molecule has 1 aromatic heterocycles. The van der Waals surface area contributed by atoms with Crippen LogP contribution in [0.4, 0.5) is 5.95 Å². The van der Waals surface area contributed by atoms with Crippen molar-refractivity contribution in [3.63, 3.8) is 0 Å². The molecule has 0 radical (unpaired) electrons. The molecule has 0 aliphatic heterocycles. The van der Waals surface area contributed by atoms with Gasteiger partial charge in [-0.3, -0.25) is 0 Å². The average molecular weight is 233 g/mol. The van der Waals surface area contributed by atoms with Crippen LogP contribution in [0.15, 0.2) is 24.3 Å². The summed E-state index contributed by atoms with van der Waals surface area (Å²) in [6.45, 7) is 2.83. The number of para-hydroxylation sites is 2. The Labute approximate surface area is 102 Å². The lowest BCUT2D eigenvalue weighted by atomic mass is 10.2. The van der Waals surface area contributed by atoms with Crippen LogP contribution in [0.3, 0.4) is 0 Å². The van der Waals surface area contributed by atoms with E-state index in [1.54, 1.807) is 7.11 Å². The zero-order valence-electron chi connectivity index (χ0n) is 10.6. The van der Waals surface area contributed by atoms with Crippen molar-refractivity contribution in [3.05, 3.63) is 24.3 Å². The zero-order valence-corrected chi connectivity index (χ0v) is 10.6. The van der Waals surface area contributed by atoms with E-state index in [2.05, 4.69) is 27.9 Å². The standard InChI is InChI=1S/C13H19N3O/c1-4-10(9-17-3)14-13-15-11-7-5-6-8-12(11)16(13)2/h5-8,10H,4,9H2,1-3H3,(H,14,15). The summed E-state index contributed by atoms with van der Waals surface area (Å²) in [5.74, 6) is 0.898. The maximum Gasteiger partial charge on any atom is 0.203 e. The van der Waals surface area contributed by atoms with Crippen molar-refractivity contribution in [3.8, 4) is 0 Å². The lowest BCUT2D eigenvalue weighted by molar-refractivity contribution is 0.184. The van der Waals surface area contributed by atoms with E-state index in [0.29, 0.717) is 12.6 Å². The van der Waals surface area contributed by atoms with Crippen molar-refractivity contribution < 1.29 is 4.74 Å². The Balaban J connectivity index is 2.26. The van der Waals surface area contributed by atoms with Gasteiger partial charge in [-0.1, -0.05) is 19.1 Å². The molecule has 2 aromatic rings. The molecule has 1 unspecified atom stereocenters. The van der Waals surface area contributed by atoms with E-state index in [4.69, 9.17) is 4.74 Å². The number of hydrogen-bond donors (Lipinski definition) is 1. The van der Waals surface area contributed by atoms with Gasteiger partial charge in [-0.15, -0.1) is 0 Å². The van der Waals surface area contributed by atoms with Gasteiger partial charge in [0.2, 0.25) is 5.95 Å². The van der Waals surface area contributed by atoms with Gasteiger partial charge in [0.1, 0.15) is 0 Å². The van der Waals surface area contributed by atoms with E-state index in [9.17, 15) is 0 Å². The highest BCUT2D eigenvalue weighted by Crippen LogP contribution is 2.18. The lowest BCUT2D eigenvalue weighted by Gasteiger charge is -2.16. The summed E-state index contributed by atoms with van der Waals surface area (Å²) < 4.78 is 7.26. The molecule has 0 spiro atoms. The minimum absolute atomic E-state index is 0.301. The summed E-state index contributed by atoms with van der Waals surface area (Å²) in [5.41, 5.74) is 2.16. The molecule has 4 nitrogen and oxygen atoms in total. The molecule has 0 amide bonds. The largest absolute Gasteiger partial charge is 0.383 e. The van der Waals surface area contributed by atoms with Gasteiger partial charge in [0, 0.05) is 14.2 Å². The Bertz CT molecular complexity index is 492. The number of anilines is 1. The molecule has 0 aliphatic rings. The van der Waals surface area contributed by atoms with Gasteiger partial charge >= 0.3 is 0 Å². The first-order chi connectivity index (χ1) is 8.26. The summed E-state index contributed by atoms with van der Waals surface area (Å²) in [5, 5.41) is 3.41. The third kappa shape index (κ3) is 2.42. The third-order valence-electron chi connectivity index (χ3n) is 2.98. The van der Waals surface area contributed by atoms with E-state index in [0.717, 1.165) is 23.4 Å². The number of rotatable bonds is 5. The fourth-order valence-corrected chi connectivity index (χ4v) is 1.92. The van der Waals surface area contributed by atoms with Crippen molar-refractivity contribution >= 4 is 17.0 Å². The van der Waals surface area contributed by atoms with E-state index in [1.165, 1.54) is 0 Å². The predicted octanol–water partition coefficient (Wildman–Crippen LogP) is 2.41. The highest BCUT2D eigenvalue weighted by Gasteiger charge is 2.11. The average Bonchev–Trinajstić information content (AvgIpc) is 2.66. The van der Waals surface area contributed by atoms with Crippen LogP contribution >= 0.6 is 0 Å². The summed E-state index contributed by atoms with van der Waals surface area (Å²) in [7, 11) is 3.75.